The van der Waals surface area contributed by atoms with Gasteiger partial charge < -0.3 is 15.3 Å². The summed E-state index contributed by atoms with van der Waals surface area (Å²) in [4.78, 5) is 0. The second-order valence-electron chi connectivity index (χ2n) is 10.1. The molecule has 2 aliphatic carbocycles. The second-order valence-corrected chi connectivity index (χ2v) is 10.1. The molecule has 3 N–H and O–H groups in total. The lowest BCUT2D eigenvalue weighted by Gasteiger charge is -2.33. The summed E-state index contributed by atoms with van der Waals surface area (Å²) in [5, 5.41) is 34.0. The van der Waals surface area contributed by atoms with E-state index in [2.05, 4.69) is 39.8 Å². The molecule has 1 fully saturated rings. The summed E-state index contributed by atoms with van der Waals surface area (Å²) in [6, 6.07) is 4.49. The lowest BCUT2D eigenvalue weighted by Crippen LogP contribution is -2.19. The molecule has 0 radical (unpaired) electrons. The zero-order valence-electron chi connectivity index (χ0n) is 19.7. The Morgan fingerprint density at radius 2 is 1.45 bits per heavy atom. The normalized spacial score (nSPS) is 25.6. The molecule has 0 amide bonds. The number of rotatable bonds is 6. The van der Waals surface area contributed by atoms with E-state index in [1.54, 1.807) is 0 Å². The predicted molar refractivity (Wildman–Crippen MR) is 128 cm³/mol. The van der Waals surface area contributed by atoms with Gasteiger partial charge in [-0.3, -0.25) is 0 Å². The largest absolute Gasteiger partial charge is 0.393 e. The van der Waals surface area contributed by atoms with Crippen molar-refractivity contribution in [2.75, 3.05) is 0 Å². The highest BCUT2D eigenvalue weighted by molar-refractivity contribution is 5.97. The van der Waals surface area contributed by atoms with Gasteiger partial charge in [-0.25, -0.2) is 0 Å². The van der Waals surface area contributed by atoms with Crippen LogP contribution in [0.5, 0.6) is 0 Å². The third-order valence-corrected chi connectivity index (χ3v) is 8.11. The van der Waals surface area contributed by atoms with Crippen LogP contribution in [0.3, 0.4) is 0 Å². The molecule has 31 heavy (non-hydrogen) atoms. The van der Waals surface area contributed by atoms with Crippen molar-refractivity contribution in [2.45, 2.75) is 116 Å². The highest BCUT2D eigenvalue weighted by Crippen LogP contribution is 2.48. The molecule has 4 unspecified atom stereocenters. The van der Waals surface area contributed by atoms with Gasteiger partial charge in [0.1, 0.15) is 0 Å². The maximum Gasteiger partial charge on any atom is 0.0805 e. The lowest BCUT2D eigenvalue weighted by molar-refractivity contribution is 0.0438. The van der Waals surface area contributed by atoms with Crippen molar-refractivity contribution < 1.29 is 15.3 Å². The van der Waals surface area contributed by atoms with Gasteiger partial charge in [-0.2, -0.15) is 0 Å². The lowest BCUT2D eigenvalue weighted by atomic mass is 9.72. The van der Waals surface area contributed by atoms with Crippen LogP contribution in [0.25, 0.3) is 10.8 Å². The quantitative estimate of drug-likeness (QED) is 0.566. The first-order valence-corrected chi connectivity index (χ1v) is 12.5. The van der Waals surface area contributed by atoms with Crippen molar-refractivity contribution in [3.8, 4) is 0 Å². The second kappa shape index (κ2) is 9.21. The van der Waals surface area contributed by atoms with Gasteiger partial charge in [0, 0.05) is 0 Å². The summed E-state index contributed by atoms with van der Waals surface area (Å²) in [5.41, 5.74) is 8.53. The van der Waals surface area contributed by atoms with Crippen molar-refractivity contribution in [3.05, 3.63) is 45.5 Å². The Hall–Kier alpha value is -1.42. The molecule has 2 aromatic rings. The van der Waals surface area contributed by atoms with E-state index >= 15 is 0 Å². The first kappa shape index (κ1) is 22.8. The Bertz CT molecular complexity index is 937. The van der Waals surface area contributed by atoms with Crippen molar-refractivity contribution in [1.29, 1.82) is 0 Å². The third kappa shape index (κ3) is 4.05. The highest BCUT2D eigenvalue weighted by atomic mass is 16.3. The van der Waals surface area contributed by atoms with Crippen LogP contribution in [0.4, 0.5) is 0 Å². The zero-order valence-corrected chi connectivity index (χ0v) is 19.7. The van der Waals surface area contributed by atoms with Crippen molar-refractivity contribution in [1.82, 2.24) is 0 Å². The maximum atomic E-state index is 10.6. The predicted octanol–water partition coefficient (Wildman–Crippen LogP) is 5.59. The summed E-state index contributed by atoms with van der Waals surface area (Å²) in [7, 11) is 0. The fourth-order valence-electron chi connectivity index (χ4n) is 6.42. The van der Waals surface area contributed by atoms with Crippen LogP contribution in [-0.4, -0.2) is 33.6 Å². The Morgan fingerprint density at radius 1 is 0.871 bits per heavy atom. The van der Waals surface area contributed by atoms with Crippen molar-refractivity contribution >= 4 is 10.8 Å². The Kier molecular flexibility index (Phi) is 6.76. The first-order chi connectivity index (χ1) is 14.9. The van der Waals surface area contributed by atoms with E-state index in [1.165, 1.54) is 57.0 Å². The van der Waals surface area contributed by atoms with Gasteiger partial charge in [-0.15, -0.1) is 0 Å². The molecular weight excluding hydrogens is 384 g/mol. The monoisotopic (exact) mass is 424 g/mol. The smallest absolute Gasteiger partial charge is 0.0805 e. The van der Waals surface area contributed by atoms with Crippen LogP contribution in [0.15, 0.2) is 12.1 Å². The Balaban J connectivity index is 2.03. The van der Waals surface area contributed by atoms with E-state index in [1.807, 2.05) is 0 Å². The van der Waals surface area contributed by atoms with Crippen LogP contribution >= 0.6 is 0 Å². The molecule has 0 saturated heterocycles. The number of hydrogen-bond donors (Lipinski definition) is 3. The Labute approximate surface area is 187 Å². The molecule has 3 heteroatoms. The summed E-state index contributed by atoms with van der Waals surface area (Å²) < 4.78 is 0. The van der Waals surface area contributed by atoms with E-state index in [0.717, 1.165) is 32.1 Å². The standard InChI is InChI=1S/C28H40O3/c1-5-18(13-20(29)6-2)27-21-9-7-8-10-22(21)28(19-14-23(30)24(31)15-19)26-17(4)12-11-16(3)25(26)27/h11-12,18-20,23-24,29-31H,5-10,13-15H2,1-4H3. The van der Waals surface area contributed by atoms with Gasteiger partial charge >= 0.3 is 0 Å². The number of aliphatic hydroxyl groups excluding tert-OH is 3. The van der Waals surface area contributed by atoms with Crippen LogP contribution < -0.4 is 0 Å². The molecule has 0 heterocycles. The molecule has 0 aromatic heterocycles. The van der Waals surface area contributed by atoms with Gasteiger partial charge in [0.25, 0.3) is 0 Å². The van der Waals surface area contributed by atoms with Gasteiger partial charge in [0.2, 0.25) is 0 Å². The van der Waals surface area contributed by atoms with Crippen LogP contribution in [0.1, 0.15) is 104 Å². The minimum absolute atomic E-state index is 0.218. The van der Waals surface area contributed by atoms with E-state index in [0.29, 0.717) is 18.8 Å². The maximum absolute atomic E-state index is 10.6. The summed E-state index contributed by atoms with van der Waals surface area (Å²) in [6.07, 6.45) is 7.10. The SMILES string of the molecule is CCC(O)CC(CC)c1c2c(c(C3CC(O)C(O)C3)c3c(C)ccc(C)c13)CCCC2. The summed E-state index contributed by atoms with van der Waals surface area (Å²) in [5.74, 6) is 0.578. The number of hydrogen-bond acceptors (Lipinski definition) is 3. The topological polar surface area (TPSA) is 60.7 Å². The van der Waals surface area contributed by atoms with E-state index in [-0.39, 0.29) is 12.0 Å². The molecule has 2 aliphatic rings. The van der Waals surface area contributed by atoms with Crippen LogP contribution in [-0.2, 0) is 12.8 Å². The molecule has 0 aliphatic heterocycles. The van der Waals surface area contributed by atoms with Gasteiger partial charge in [0.05, 0.1) is 18.3 Å². The molecule has 3 nitrogen and oxygen atoms in total. The molecule has 0 spiro atoms. The fraction of sp³-hybridized carbons (Fsp3) is 0.643. The molecule has 170 valence electrons. The van der Waals surface area contributed by atoms with Gasteiger partial charge in [0.15, 0.2) is 0 Å². The molecule has 4 rings (SSSR count). The molecular formula is C28H40O3. The Morgan fingerprint density at radius 3 is 2.03 bits per heavy atom. The minimum Gasteiger partial charge on any atom is -0.393 e. The van der Waals surface area contributed by atoms with E-state index < -0.39 is 12.2 Å². The number of fused-ring (bicyclic) bond motifs is 2. The number of benzene rings is 2. The van der Waals surface area contributed by atoms with Crippen LogP contribution in [0.2, 0.25) is 0 Å². The van der Waals surface area contributed by atoms with E-state index in [4.69, 9.17) is 0 Å². The highest BCUT2D eigenvalue weighted by Gasteiger charge is 2.37. The third-order valence-electron chi connectivity index (χ3n) is 8.11. The first-order valence-electron chi connectivity index (χ1n) is 12.5. The number of aryl methyl sites for hydroxylation is 2. The van der Waals surface area contributed by atoms with Crippen molar-refractivity contribution in [3.63, 3.8) is 0 Å². The minimum atomic E-state index is -0.618. The van der Waals surface area contributed by atoms with Crippen LogP contribution in [0, 0.1) is 13.8 Å². The summed E-state index contributed by atoms with van der Waals surface area (Å²) in [6.45, 7) is 8.77. The molecule has 4 atom stereocenters. The molecule has 1 saturated carbocycles. The zero-order chi connectivity index (χ0) is 22.3. The fourth-order valence-corrected chi connectivity index (χ4v) is 6.42. The van der Waals surface area contributed by atoms with Gasteiger partial charge in [-0.05, 0) is 128 Å². The van der Waals surface area contributed by atoms with Gasteiger partial charge in [-0.1, -0.05) is 26.0 Å². The average Bonchev–Trinajstić information content (AvgIpc) is 3.10. The van der Waals surface area contributed by atoms with Crippen molar-refractivity contribution in [2.24, 2.45) is 0 Å². The average molecular weight is 425 g/mol. The molecule has 2 aromatic carbocycles. The number of aliphatic hydroxyl groups is 3. The van der Waals surface area contributed by atoms with E-state index in [9.17, 15) is 15.3 Å². The molecule has 0 bridgehead atoms. The summed E-state index contributed by atoms with van der Waals surface area (Å²) >= 11 is 0.